The van der Waals surface area contributed by atoms with Crippen LogP contribution >= 0.6 is 0 Å². The van der Waals surface area contributed by atoms with Crippen molar-refractivity contribution in [3.63, 3.8) is 0 Å². The molecule has 0 aliphatic carbocycles. The van der Waals surface area contributed by atoms with Crippen LogP contribution in [0.2, 0.25) is 0 Å². The molecule has 0 unspecified atom stereocenters. The summed E-state index contributed by atoms with van der Waals surface area (Å²) >= 11 is 0. The fourth-order valence-electron chi connectivity index (χ4n) is 1.49. The average molecular weight is 273 g/mol. The van der Waals surface area contributed by atoms with Crippen LogP contribution in [0.15, 0.2) is 53.3 Å². The summed E-state index contributed by atoms with van der Waals surface area (Å²) < 4.78 is 15.2. The maximum atomic E-state index is 11.4. The van der Waals surface area contributed by atoms with Gasteiger partial charge in [0.2, 0.25) is 0 Å². The number of alkyl carbamates (subject to hydrolysis) is 1. The predicted octanol–water partition coefficient (Wildman–Crippen LogP) is 3.19. The molecule has 1 amide bonds. The van der Waals surface area contributed by atoms with E-state index in [2.05, 4.69) is 5.32 Å². The Balaban J connectivity index is 1.74. The third kappa shape index (κ3) is 4.20. The Morgan fingerprint density at radius 3 is 2.75 bits per heavy atom. The van der Waals surface area contributed by atoms with Gasteiger partial charge in [-0.2, -0.15) is 0 Å². The SMILES string of the molecule is COc1ccc(COC(=O)N/C=C/c2ccco2)cc1. The van der Waals surface area contributed by atoms with Crippen molar-refractivity contribution in [3.05, 3.63) is 60.2 Å². The van der Waals surface area contributed by atoms with E-state index in [0.29, 0.717) is 5.76 Å². The van der Waals surface area contributed by atoms with E-state index in [-0.39, 0.29) is 6.61 Å². The lowest BCUT2D eigenvalue weighted by Crippen LogP contribution is -2.18. The number of methoxy groups -OCH3 is 1. The summed E-state index contributed by atoms with van der Waals surface area (Å²) in [4.78, 5) is 11.4. The minimum atomic E-state index is -0.524. The monoisotopic (exact) mass is 273 g/mol. The molecule has 0 aliphatic heterocycles. The highest BCUT2D eigenvalue weighted by Crippen LogP contribution is 2.11. The zero-order chi connectivity index (χ0) is 14.2. The molecule has 0 bridgehead atoms. The van der Waals surface area contributed by atoms with E-state index in [1.807, 2.05) is 24.3 Å². The number of nitrogens with one attached hydrogen (secondary N) is 1. The molecule has 0 aliphatic rings. The summed E-state index contributed by atoms with van der Waals surface area (Å²) in [5.41, 5.74) is 0.885. The summed E-state index contributed by atoms with van der Waals surface area (Å²) in [6, 6.07) is 10.8. The molecule has 0 spiro atoms. The van der Waals surface area contributed by atoms with Gasteiger partial charge in [0, 0.05) is 6.20 Å². The fourth-order valence-corrected chi connectivity index (χ4v) is 1.49. The Kier molecular flexibility index (Phi) is 4.83. The second kappa shape index (κ2) is 7.04. The summed E-state index contributed by atoms with van der Waals surface area (Å²) in [7, 11) is 1.60. The molecule has 2 rings (SSSR count). The van der Waals surface area contributed by atoms with Gasteiger partial charge in [0.1, 0.15) is 18.1 Å². The summed E-state index contributed by atoms with van der Waals surface area (Å²) in [5, 5.41) is 2.49. The number of hydrogen-bond acceptors (Lipinski definition) is 4. The number of amides is 1. The zero-order valence-corrected chi connectivity index (χ0v) is 11.0. The van der Waals surface area contributed by atoms with Crippen molar-refractivity contribution in [2.45, 2.75) is 6.61 Å². The van der Waals surface area contributed by atoms with Crippen molar-refractivity contribution >= 4 is 12.2 Å². The second-order valence-electron chi connectivity index (χ2n) is 3.92. The van der Waals surface area contributed by atoms with Gasteiger partial charge in [0.05, 0.1) is 13.4 Å². The van der Waals surface area contributed by atoms with Crippen LogP contribution in [0, 0.1) is 0 Å². The molecule has 5 nitrogen and oxygen atoms in total. The van der Waals surface area contributed by atoms with Gasteiger partial charge in [0.15, 0.2) is 0 Å². The van der Waals surface area contributed by atoms with Crippen LogP contribution in [0.4, 0.5) is 4.79 Å². The van der Waals surface area contributed by atoms with Gasteiger partial charge in [-0.05, 0) is 35.9 Å². The third-order valence-electron chi connectivity index (χ3n) is 2.52. The number of carbonyl (C=O) groups is 1. The number of hydrogen-bond donors (Lipinski definition) is 1. The van der Waals surface area contributed by atoms with E-state index in [1.165, 1.54) is 6.20 Å². The Morgan fingerprint density at radius 1 is 1.30 bits per heavy atom. The first-order valence-electron chi connectivity index (χ1n) is 6.04. The predicted molar refractivity (Wildman–Crippen MR) is 74.1 cm³/mol. The summed E-state index contributed by atoms with van der Waals surface area (Å²) in [6.07, 6.45) is 4.13. The maximum absolute atomic E-state index is 11.4. The van der Waals surface area contributed by atoms with Crippen molar-refractivity contribution < 1.29 is 18.7 Å². The van der Waals surface area contributed by atoms with Crippen molar-refractivity contribution in [1.29, 1.82) is 0 Å². The summed E-state index contributed by atoms with van der Waals surface area (Å²) in [6.45, 7) is 0.199. The van der Waals surface area contributed by atoms with Gasteiger partial charge in [-0.25, -0.2) is 4.79 Å². The lowest BCUT2D eigenvalue weighted by Gasteiger charge is -2.05. The van der Waals surface area contributed by atoms with Gasteiger partial charge < -0.3 is 13.9 Å². The van der Waals surface area contributed by atoms with Crippen molar-refractivity contribution in [2.24, 2.45) is 0 Å². The second-order valence-corrected chi connectivity index (χ2v) is 3.92. The van der Waals surface area contributed by atoms with Crippen LogP contribution in [0.3, 0.4) is 0 Å². The van der Waals surface area contributed by atoms with Crippen molar-refractivity contribution in [3.8, 4) is 5.75 Å². The quantitative estimate of drug-likeness (QED) is 0.908. The molecule has 0 atom stereocenters. The molecule has 1 N–H and O–H groups in total. The highest BCUT2D eigenvalue weighted by Gasteiger charge is 2.00. The van der Waals surface area contributed by atoms with E-state index in [4.69, 9.17) is 13.9 Å². The molecular weight excluding hydrogens is 258 g/mol. The Morgan fingerprint density at radius 2 is 2.10 bits per heavy atom. The number of rotatable bonds is 5. The number of ether oxygens (including phenoxy) is 2. The minimum Gasteiger partial charge on any atom is -0.497 e. The molecule has 1 aromatic carbocycles. The lowest BCUT2D eigenvalue weighted by molar-refractivity contribution is 0.143. The Hall–Kier alpha value is -2.69. The smallest absolute Gasteiger partial charge is 0.411 e. The highest BCUT2D eigenvalue weighted by molar-refractivity contribution is 5.69. The molecule has 1 heterocycles. The van der Waals surface area contributed by atoms with Gasteiger partial charge in [-0.3, -0.25) is 5.32 Å². The first-order valence-corrected chi connectivity index (χ1v) is 6.04. The van der Waals surface area contributed by atoms with Gasteiger partial charge >= 0.3 is 6.09 Å². The minimum absolute atomic E-state index is 0.199. The Labute approximate surface area is 116 Å². The topological polar surface area (TPSA) is 60.7 Å². The highest BCUT2D eigenvalue weighted by atomic mass is 16.5. The van der Waals surface area contributed by atoms with Gasteiger partial charge in [-0.15, -0.1) is 0 Å². The Bertz CT molecular complexity index is 558. The van der Waals surface area contributed by atoms with E-state index in [1.54, 1.807) is 31.6 Å². The largest absolute Gasteiger partial charge is 0.497 e. The van der Waals surface area contributed by atoms with E-state index < -0.39 is 6.09 Å². The van der Waals surface area contributed by atoms with Gasteiger partial charge in [-0.1, -0.05) is 12.1 Å². The molecule has 5 heteroatoms. The van der Waals surface area contributed by atoms with Crippen LogP contribution in [0.1, 0.15) is 11.3 Å². The standard InChI is InChI=1S/C15H15NO4/c1-18-13-6-4-12(5-7-13)11-20-15(17)16-9-8-14-3-2-10-19-14/h2-10H,11H2,1H3,(H,16,17)/b9-8+. The molecule has 0 radical (unpaired) electrons. The average Bonchev–Trinajstić information content (AvgIpc) is 2.99. The van der Waals surface area contributed by atoms with Crippen molar-refractivity contribution in [1.82, 2.24) is 5.32 Å². The molecule has 0 saturated carbocycles. The molecule has 1 aromatic heterocycles. The van der Waals surface area contributed by atoms with Crippen LogP contribution in [0.25, 0.3) is 6.08 Å². The van der Waals surface area contributed by atoms with E-state index in [0.717, 1.165) is 11.3 Å². The molecular formula is C15H15NO4. The first kappa shape index (κ1) is 13.7. The molecule has 104 valence electrons. The zero-order valence-electron chi connectivity index (χ0n) is 11.0. The molecule has 0 saturated heterocycles. The van der Waals surface area contributed by atoms with Crippen LogP contribution in [-0.2, 0) is 11.3 Å². The van der Waals surface area contributed by atoms with E-state index in [9.17, 15) is 4.79 Å². The lowest BCUT2D eigenvalue weighted by atomic mass is 10.2. The maximum Gasteiger partial charge on any atom is 0.411 e. The normalized spacial score (nSPS) is 10.4. The fraction of sp³-hybridized carbons (Fsp3) is 0.133. The van der Waals surface area contributed by atoms with Crippen LogP contribution in [-0.4, -0.2) is 13.2 Å². The van der Waals surface area contributed by atoms with Crippen molar-refractivity contribution in [2.75, 3.05) is 7.11 Å². The van der Waals surface area contributed by atoms with Crippen LogP contribution < -0.4 is 10.1 Å². The first-order chi connectivity index (χ1) is 9.78. The molecule has 2 aromatic rings. The molecule has 20 heavy (non-hydrogen) atoms. The van der Waals surface area contributed by atoms with Gasteiger partial charge in [0.25, 0.3) is 0 Å². The van der Waals surface area contributed by atoms with Crippen LogP contribution in [0.5, 0.6) is 5.75 Å². The molecule has 0 fully saturated rings. The summed E-state index contributed by atoms with van der Waals surface area (Å²) in [5.74, 6) is 1.42. The number of carbonyl (C=O) groups excluding carboxylic acids is 1. The number of furan rings is 1. The number of benzene rings is 1. The third-order valence-corrected chi connectivity index (χ3v) is 2.52. The van der Waals surface area contributed by atoms with E-state index >= 15 is 0 Å².